The zero-order valence-corrected chi connectivity index (χ0v) is 22.9. The zero-order chi connectivity index (χ0) is 27.6. The summed E-state index contributed by atoms with van der Waals surface area (Å²) in [5.41, 5.74) is 1.22. The van der Waals surface area contributed by atoms with Gasteiger partial charge < -0.3 is 15.0 Å². The summed E-state index contributed by atoms with van der Waals surface area (Å²) in [7, 11) is 0. The molecule has 1 aliphatic rings. The summed E-state index contributed by atoms with van der Waals surface area (Å²) in [6, 6.07) is 7.27. The highest BCUT2D eigenvalue weighted by atomic mass is 32.1. The van der Waals surface area contributed by atoms with Crippen LogP contribution < -0.4 is 10.1 Å². The molecule has 1 saturated heterocycles. The summed E-state index contributed by atoms with van der Waals surface area (Å²) in [6.45, 7) is 11.9. The minimum absolute atomic E-state index is 0.0391. The third-order valence-electron chi connectivity index (χ3n) is 6.72. The van der Waals surface area contributed by atoms with Crippen LogP contribution in [0.25, 0.3) is 10.6 Å². The molecule has 204 valence electrons. The summed E-state index contributed by atoms with van der Waals surface area (Å²) < 4.78 is 44.8. The molecule has 1 atom stereocenters. The van der Waals surface area contributed by atoms with Crippen LogP contribution in [0.2, 0.25) is 0 Å². The van der Waals surface area contributed by atoms with Gasteiger partial charge >= 0.3 is 6.18 Å². The highest BCUT2D eigenvalue weighted by molar-refractivity contribution is 7.15. The quantitative estimate of drug-likeness (QED) is 0.392. The Labute approximate surface area is 224 Å². The van der Waals surface area contributed by atoms with Crippen LogP contribution in [-0.2, 0) is 6.18 Å². The van der Waals surface area contributed by atoms with Crippen molar-refractivity contribution >= 4 is 17.2 Å². The normalized spacial score (nSPS) is 16.0. The maximum absolute atomic E-state index is 13.3. The number of benzene rings is 1. The Balaban J connectivity index is 1.55. The van der Waals surface area contributed by atoms with Crippen molar-refractivity contribution in [2.24, 2.45) is 0 Å². The number of halogens is 3. The van der Waals surface area contributed by atoms with E-state index in [9.17, 15) is 18.0 Å². The van der Waals surface area contributed by atoms with Crippen LogP contribution in [0.4, 0.5) is 13.2 Å². The van der Waals surface area contributed by atoms with Gasteiger partial charge in [-0.15, -0.1) is 16.4 Å². The topological polar surface area (TPSA) is 80.2 Å². The molecule has 1 amide bonds. The average molecular weight is 548 g/mol. The number of hydrogen-bond acceptors (Lipinski definition) is 7. The molecule has 0 unspecified atom stereocenters. The van der Waals surface area contributed by atoms with Crippen LogP contribution in [0, 0.1) is 13.8 Å². The average Bonchev–Trinajstić information content (AvgIpc) is 3.21. The monoisotopic (exact) mass is 547 g/mol. The molecule has 0 aliphatic carbocycles. The summed E-state index contributed by atoms with van der Waals surface area (Å²) >= 11 is 1.54. The van der Waals surface area contributed by atoms with E-state index >= 15 is 0 Å². The number of likely N-dealkylation sites (tertiary alicyclic amines) is 1. The van der Waals surface area contributed by atoms with Gasteiger partial charge in [0.05, 0.1) is 17.4 Å². The molecular formula is C27H32F3N5O2S. The first kappa shape index (κ1) is 28.0. The Morgan fingerprint density at radius 2 is 1.82 bits per heavy atom. The van der Waals surface area contributed by atoms with Crippen molar-refractivity contribution in [1.82, 2.24) is 25.4 Å². The molecule has 0 bridgehead atoms. The molecule has 7 nitrogen and oxygen atoms in total. The van der Waals surface area contributed by atoms with Crippen molar-refractivity contribution < 1.29 is 22.7 Å². The minimum Gasteiger partial charge on any atom is -0.490 e. The van der Waals surface area contributed by atoms with Crippen LogP contribution in [0.3, 0.4) is 0 Å². The highest BCUT2D eigenvalue weighted by Gasteiger charge is 2.33. The molecule has 2 aromatic heterocycles. The SMILES string of the molecule is Cc1nc(-c2cc(OC3CCN(C(C)C)CC3)cc(C(=O)N[C@H](C)c3ccc(C(F)(F)F)nn3)c2)sc1C. The number of ether oxygens (including phenoxy) is 1. The molecule has 4 rings (SSSR count). The fraction of sp³-hybridized carbons (Fsp3) is 0.481. The lowest BCUT2D eigenvalue weighted by Gasteiger charge is -2.34. The number of aryl methyl sites for hydroxylation is 2. The third-order valence-corrected chi connectivity index (χ3v) is 7.84. The van der Waals surface area contributed by atoms with Crippen LogP contribution in [0.5, 0.6) is 5.75 Å². The molecule has 38 heavy (non-hydrogen) atoms. The van der Waals surface area contributed by atoms with Gasteiger partial charge in [-0.25, -0.2) is 4.98 Å². The van der Waals surface area contributed by atoms with Crippen molar-refractivity contribution in [3.8, 4) is 16.3 Å². The summed E-state index contributed by atoms with van der Waals surface area (Å²) in [4.78, 5) is 21.4. The molecular weight excluding hydrogens is 515 g/mol. The number of carbonyl (C=O) groups excluding carboxylic acids is 1. The molecule has 1 aromatic carbocycles. The lowest BCUT2D eigenvalue weighted by Crippen LogP contribution is -2.41. The van der Waals surface area contributed by atoms with E-state index < -0.39 is 23.8 Å². The van der Waals surface area contributed by atoms with Gasteiger partial charge in [0.1, 0.15) is 16.9 Å². The van der Waals surface area contributed by atoms with E-state index in [1.54, 1.807) is 30.4 Å². The van der Waals surface area contributed by atoms with Gasteiger partial charge in [0.25, 0.3) is 5.91 Å². The lowest BCUT2D eigenvalue weighted by molar-refractivity contribution is -0.141. The molecule has 0 spiro atoms. The van der Waals surface area contributed by atoms with E-state index in [-0.39, 0.29) is 11.8 Å². The Morgan fingerprint density at radius 3 is 2.37 bits per heavy atom. The highest BCUT2D eigenvalue weighted by Crippen LogP contribution is 2.33. The number of alkyl halides is 3. The van der Waals surface area contributed by atoms with Gasteiger partial charge in [-0.2, -0.15) is 18.3 Å². The molecule has 1 fully saturated rings. The number of carbonyl (C=O) groups is 1. The van der Waals surface area contributed by atoms with Gasteiger partial charge in [-0.05, 0) is 77.8 Å². The van der Waals surface area contributed by atoms with E-state index in [0.29, 0.717) is 17.4 Å². The molecule has 0 saturated carbocycles. The number of rotatable bonds is 7. The fourth-order valence-corrected chi connectivity index (χ4v) is 5.20. The molecule has 3 heterocycles. The number of nitrogens with zero attached hydrogens (tertiary/aromatic N) is 4. The number of aromatic nitrogens is 3. The number of nitrogens with one attached hydrogen (secondary N) is 1. The van der Waals surface area contributed by atoms with Crippen molar-refractivity contribution in [2.75, 3.05) is 13.1 Å². The largest absolute Gasteiger partial charge is 0.490 e. The van der Waals surface area contributed by atoms with Crippen LogP contribution >= 0.6 is 11.3 Å². The second kappa shape index (κ2) is 11.4. The van der Waals surface area contributed by atoms with Crippen molar-refractivity contribution in [3.05, 3.63) is 57.9 Å². The zero-order valence-electron chi connectivity index (χ0n) is 22.1. The van der Waals surface area contributed by atoms with E-state index in [4.69, 9.17) is 4.74 Å². The fourth-order valence-electron chi connectivity index (χ4n) is 4.30. The third kappa shape index (κ3) is 6.68. The first-order chi connectivity index (χ1) is 17.9. The van der Waals surface area contributed by atoms with Gasteiger partial charge in [0.2, 0.25) is 0 Å². The first-order valence-corrected chi connectivity index (χ1v) is 13.4. The minimum atomic E-state index is -4.58. The van der Waals surface area contributed by atoms with Crippen molar-refractivity contribution in [1.29, 1.82) is 0 Å². The van der Waals surface area contributed by atoms with E-state index in [1.165, 1.54) is 6.07 Å². The summed E-state index contributed by atoms with van der Waals surface area (Å²) in [5.74, 6) is 0.189. The van der Waals surface area contributed by atoms with Gasteiger partial charge in [0, 0.05) is 35.1 Å². The predicted molar refractivity (Wildman–Crippen MR) is 140 cm³/mol. The van der Waals surface area contributed by atoms with Gasteiger partial charge in [0.15, 0.2) is 5.69 Å². The smallest absolute Gasteiger partial charge is 0.435 e. The molecule has 1 aliphatic heterocycles. The van der Waals surface area contributed by atoms with Crippen LogP contribution in [0.1, 0.15) is 72.0 Å². The van der Waals surface area contributed by atoms with E-state index in [2.05, 4.69) is 39.2 Å². The Morgan fingerprint density at radius 1 is 1.11 bits per heavy atom. The molecule has 3 aromatic rings. The second-order valence-corrected chi connectivity index (χ2v) is 11.1. The first-order valence-electron chi connectivity index (χ1n) is 12.6. The van der Waals surface area contributed by atoms with Crippen LogP contribution in [-0.4, -0.2) is 51.2 Å². The molecule has 0 radical (unpaired) electrons. The van der Waals surface area contributed by atoms with Crippen LogP contribution in [0.15, 0.2) is 30.3 Å². The summed E-state index contributed by atoms with van der Waals surface area (Å²) in [6.07, 6.45) is -2.75. The number of thiazole rings is 1. The second-order valence-electron chi connectivity index (χ2n) is 9.89. The van der Waals surface area contributed by atoms with E-state index in [1.807, 2.05) is 19.9 Å². The number of amides is 1. The molecule has 11 heteroatoms. The van der Waals surface area contributed by atoms with Gasteiger partial charge in [-0.1, -0.05) is 0 Å². The maximum atomic E-state index is 13.3. The molecule has 1 N–H and O–H groups in total. The predicted octanol–water partition coefficient (Wildman–Crippen LogP) is 5.98. The van der Waals surface area contributed by atoms with Crippen molar-refractivity contribution in [2.45, 2.75) is 71.8 Å². The Bertz CT molecular complexity index is 1250. The van der Waals surface area contributed by atoms with Gasteiger partial charge in [-0.3, -0.25) is 4.79 Å². The Kier molecular flexibility index (Phi) is 8.37. The Hall–Kier alpha value is -3.05. The maximum Gasteiger partial charge on any atom is 0.435 e. The lowest BCUT2D eigenvalue weighted by atomic mass is 10.1. The number of piperidine rings is 1. The number of hydrogen-bond donors (Lipinski definition) is 1. The van der Waals surface area contributed by atoms with E-state index in [0.717, 1.165) is 53.1 Å². The summed E-state index contributed by atoms with van der Waals surface area (Å²) in [5, 5.41) is 10.5. The van der Waals surface area contributed by atoms with Crippen molar-refractivity contribution in [3.63, 3.8) is 0 Å². The standard InChI is InChI=1S/C27H32F3N5O2S/c1-15(2)35-10-8-21(9-11-35)37-22-13-19(12-20(14-22)26-32-16(3)18(5)38-26)25(36)31-17(4)23-6-7-24(34-33-23)27(28,29)30/h6-7,12-15,17,21H,8-11H2,1-5H3,(H,31,36)/t17-/m1/s1.